The first-order chi connectivity index (χ1) is 11.6. The normalized spacial score (nSPS) is 16.7. The van der Waals surface area contributed by atoms with Gasteiger partial charge in [-0.1, -0.05) is 15.9 Å². The SMILES string of the molecule is CCOc1cc(Br)c(CC(=O)NCC2CCCNC2)cc1OCC.Cl. The summed E-state index contributed by atoms with van der Waals surface area (Å²) in [7, 11) is 0. The van der Waals surface area contributed by atoms with E-state index in [0.717, 1.165) is 29.7 Å². The third kappa shape index (κ3) is 7.04. The summed E-state index contributed by atoms with van der Waals surface area (Å²) in [5.41, 5.74) is 0.904. The van der Waals surface area contributed by atoms with E-state index in [1.807, 2.05) is 26.0 Å². The Labute approximate surface area is 164 Å². The van der Waals surface area contributed by atoms with Crippen molar-refractivity contribution in [3.63, 3.8) is 0 Å². The van der Waals surface area contributed by atoms with E-state index in [2.05, 4.69) is 26.6 Å². The second kappa shape index (κ2) is 11.6. The molecule has 1 saturated heterocycles. The van der Waals surface area contributed by atoms with Crippen LogP contribution < -0.4 is 20.1 Å². The van der Waals surface area contributed by atoms with Gasteiger partial charge in [-0.2, -0.15) is 0 Å². The summed E-state index contributed by atoms with van der Waals surface area (Å²) in [5.74, 6) is 1.95. The summed E-state index contributed by atoms with van der Waals surface area (Å²) in [6.07, 6.45) is 2.68. The van der Waals surface area contributed by atoms with Gasteiger partial charge in [-0.15, -0.1) is 12.4 Å². The molecule has 1 aliphatic heterocycles. The Balaban J connectivity index is 0.00000312. The van der Waals surface area contributed by atoms with Crippen LogP contribution in [-0.2, 0) is 11.2 Å². The molecule has 1 unspecified atom stereocenters. The lowest BCUT2D eigenvalue weighted by molar-refractivity contribution is -0.120. The number of piperidine rings is 1. The van der Waals surface area contributed by atoms with E-state index < -0.39 is 0 Å². The van der Waals surface area contributed by atoms with E-state index in [-0.39, 0.29) is 18.3 Å². The first-order valence-corrected chi connectivity index (χ1v) is 9.48. The Morgan fingerprint density at radius 3 is 2.56 bits per heavy atom. The summed E-state index contributed by atoms with van der Waals surface area (Å²) < 4.78 is 12.1. The van der Waals surface area contributed by atoms with Crippen molar-refractivity contribution in [3.8, 4) is 11.5 Å². The number of benzene rings is 1. The van der Waals surface area contributed by atoms with E-state index in [9.17, 15) is 4.79 Å². The van der Waals surface area contributed by atoms with E-state index >= 15 is 0 Å². The number of hydrogen-bond acceptors (Lipinski definition) is 4. The Morgan fingerprint density at radius 1 is 1.28 bits per heavy atom. The molecular weight excluding hydrogens is 408 g/mol. The van der Waals surface area contributed by atoms with Crippen molar-refractivity contribution in [1.82, 2.24) is 10.6 Å². The van der Waals surface area contributed by atoms with Crippen molar-refractivity contribution in [3.05, 3.63) is 22.2 Å². The van der Waals surface area contributed by atoms with E-state index in [4.69, 9.17) is 9.47 Å². The molecule has 1 heterocycles. The van der Waals surface area contributed by atoms with Crippen LogP contribution in [0.1, 0.15) is 32.3 Å². The van der Waals surface area contributed by atoms with Crippen molar-refractivity contribution in [2.75, 3.05) is 32.8 Å². The zero-order valence-electron chi connectivity index (χ0n) is 14.9. The number of rotatable bonds is 8. The number of nitrogens with one attached hydrogen (secondary N) is 2. The van der Waals surface area contributed by atoms with Crippen LogP contribution in [0.3, 0.4) is 0 Å². The molecule has 5 nitrogen and oxygen atoms in total. The van der Waals surface area contributed by atoms with Gasteiger partial charge in [0.1, 0.15) is 0 Å². The summed E-state index contributed by atoms with van der Waals surface area (Å²) in [6, 6.07) is 3.77. The molecule has 0 aromatic heterocycles. The van der Waals surface area contributed by atoms with Crippen LogP contribution in [-0.4, -0.2) is 38.8 Å². The molecule has 1 aromatic carbocycles. The van der Waals surface area contributed by atoms with Crippen molar-refractivity contribution in [1.29, 1.82) is 0 Å². The molecule has 0 bridgehead atoms. The predicted octanol–water partition coefficient (Wildman–Crippen LogP) is 3.33. The molecule has 0 radical (unpaired) electrons. The number of halogens is 2. The Kier molecular flexibility index (Phi) is 10.2. The van der Waals surface area contributed by atoms with Crippen LogP contribution in [0.4, 0.5) is 0 Å². The highest BCUT2D eigenvalue weighted by atomic mass is 79.9. The molecule has 0 saturated carbocycles. The Hall–Kier alpha value is -0.980. The maximum Gasteiger partial charge on any atom is 0.224 e. The van der Waals surface area contributed by atoms with Crippen molar-refractivity contribution in [2.24, 2.45) is 5.92 Å². The second-order valence-corrected chi connectivity index (χ2v) is 6.80. The lowest BCUT2D eigenvalue weighted by Crippen LogP contribution is -2.38. The fraction of sp³-hybridized carbons (Fsp3) is 0.611. The molecule has 1 atom stereocenters. The van der Waals surface area contributed by atoms with Crippen LogP contribution in [0.2, 0.25) is 0 Å². The van der Waals surface area contributed by atoms with Gasteiger partial charge in [0.05, 0.1) is 19.6 Å². The highest BCUT2D eigenvalue weighted by molar-refractivity contribution is 9.10. The molecule has 1 amide bonds. The molecule has 25 heavy (non-hydrogen) atoms. The monoisotopic (exact) mass is 434 g/mol. The van der Waals surface area contributed by atoms with Gasteiger partial charge in [0.15, 0.2) is 11.5 Å². The number of carbonyl (C=O) groups is 1. The van der Waals surface area contributed by atoms with Crippen molar-refractivity contribution < 1.29 is 14.3 Å². The van der Waals surface area contributed by atoms with Crippen molar-refractivity contribution in [2.45, 2.75) is 33.1 Å². The average molecular weight is 436 g/mol. The second-order valence-electron chi connectivity index (χ2n) is 5.95. The minimum atomic E-state index is 0. The molecular formula is C18H28BrClN2O3. The zero-order valence-corrected chi connectivity index (χ0v) is 17.3. The Morgan fingerprint density at radius 2 is 1.96 bits per heavy atom. The maximum atomic E-state index is 12.3. The fourth-order valence-electron chi connectivity index (χ4n) is 2.84. The number of hydrogen-bond donors (Lipinski definition) is 2. The average Bonchev–Trinajstić information content (AvgIpc) is 2.58. The summed E-state index contributed by atoms with van der Waals surface area (Å²) >= 11 is 3.53. The van der Waals surface area contributed by atoms with Crippen molar-refractivity contribution >= 4 is 34.2 Å². The van der Waals surface area contributed by atoms with Gasteiger partial charge >= 0.3 is 0 Å². The molecule has 0 aliphatic carbocycles. The quantitative estimate of drug-likeness (QED) is 0.657. The standard InChI is InChI=1S/C18H27BrN2O3.ClH/c1-3-23-16-8-14(15(19)10-17(16)24-4-2)9-18(22)21-12-13-6-5-7-20-11-13;/h8,10,13,20H,3-7,9,11-12H2,1-2H3,(H,21,22);1H. The molecule has 142 valence electrons. The molecule has 0 spiro atoms. The van der Waals surface area contributed by atoms with Crippen LogP contribution in [0.5, 0.6) is 11.5 Å². The van der Waals surface area contributed by atoms with Gasteiger partial charge in [0.2, 0.25) is 5.91 Å². The van der Waals surface area contributed by atoms with Gasteiger partial charge in [-0.3, -0.25) is 4.79 Å². The fourth-order valence-corrected chi connectivity index (χ4v) is 3.30. The molecule has 1 aliphatic rings. The first-order valence-electron chi connectivity index (χ1n) is 8.69. The summed E-state index contributed by atoms with van der Waals surface area (Å²) in [4.78, 5) is 12.3. The van der Waals surface area contributed by atoms with Gasteiger partial charge in [-0.05, 0) is 63.4 Å². The third-order valence-electron chi connectivity index (χ3n) is 4.05. The number of carbonyl (C=O) groups excluding carboxylic acids is 1. The Bertz CT molecular complexity index is 551. The molecule has 2 rings (SSSR count). The smallest absolute Gasteiger partial charge is 0.224 e. The van der Waals surface area contributed by atoms with E-state index in [1.165, 1.54) is 12.8 Å². The van der Waals surface area contributed by atoms with Gasteiger partial charge in [0, 0.05) is 11.0 Å². The molecule has 1 fully saturated rings. The maximum absolute atomic E-state index is 12.3. The van der Waals surface area contributed by atoms with Gasteiger partial charge in [0.25, 0.3) is 0 Å². The third-order valence-corrected chi connectivity index (χ3v) is 4.79. The topological polar surface area (TPSA) is 59.6 Å². The zero-order chi connectivity index (χ0) is 17.4. The van der Waals surface area contributed by atoms with Crippen LogP contribution in [0, 0.1) is 5.92 Å². The highest BCUT2D eigenvalue weighted by Gasteiger charge is 2.16. The lowest BCUT2D eigenvalue weighted by Gasteiger charge is -2.23. The minimum absolute atomic E-state index is 0. The summed E-state index contributed by atoms with van der Waals surface area (Å²) in [6.45, 7) is 7.81. The minimum Gasteiger partial charge on any atom is -0.490 e. The largest absolute Gasteiger partial charge is 0.490 e. The first kappa shape index (κ1) is 22.1. The van der Waals surface area contributed by atoms with E-state index in [1.54, 1.807) is 0 Å². The number of ether oxygens (including phenoxy) is 2. The number of amides is 1. The van der Waals surface area contributed by atoms with E-state index in [0.29, 0.717) is 37.1 Å². The summed E-state index contributed by atoms with van der Waals surface area (Å²) in [5, 5.41) is 6.42. The molecule has 1 aromatic rings. The van der Waals surface area contributed by atoms with Crippen LogP contribution in [0.15, 0.2) is 16.6 Å². The van der Waals surface area contributed by atoms with Gasteiger partial charge < -0.3 is 20.1 Å². The predicted molar refractivity (Wildman–Crippen MR) is 106 cm³/mol. The lowest BCUT2D eigenvalue weighted by atomic mass is 9.99. The highest BCUT2D eigenvalue weighted by Crippen LogP contribution is 2.34. The van der Waals surface area contributed by atoms with Crippen LogP contribution in [0.25, 0.3) is 0 Å². The molecule has 2 N–H and O–H groups in total. The molecule has 7 heteroatoms. The van der Waals surface area contributed by atoms with Gasteiger partial charge in [-0.25, -0.2) is 0 Å². The van der Waals surface area contributed by atoms with Crippen LogP contribution >= 0.6 is 28.3 Å².